The first kappa shape index (κ1) is 16.6. The van der Waals surface area contributed by atoms with Crippen LogP contribution in [0, 0.1) is 0 Å². The van der Waals surface area contributed by atoms with Crippen molar-refractivity contribution < 1.29 is 27.4 Å². The molecule has 1 N–H and O–H groups in total. The maximum atomic E-state index is 12.3. The maximum Gasteiger partial charge on any atom is 0.573 e. The zero-order chi connectivity index (χ0) is 16.0. The number of rotatable bonds is 6. The lowest BCUT2D eigenvalue weighted by Gasteiger charge is -2.13. The van der Waals surface area contributed by atoms with E-state index < -0.39 is 6.36 Å². The van der Waals surface area contributed by atoms with E-state index in [9.17, 15) is 18.0 Å². The number of carbonyl (C=O) groups excluding carboxylic acids is 1. The summed E-state index contributed by atoms with van der Waals surface area (Å²) in [5.41, 5.74) is 0.354. The molecule has 0 bridgehead atoms. The van der Waals surface area contributed by atoms with Gasteiger partial charge in [-0.05, 0) is 30.9 Å². The number of hydrogen-bond acceptors (Lipinski definition) is 3. The molecular formula is C15H18F3NO3. The zero-order valence-corrected chi connectivity index (χ0v) is 12.0. The van der Waals surface area contributed by atoms with Gasteiger partial charge in [0.15, 0.2) is 0 Å². The molecule has 0 aliphatic carbocycles. The Labute approximate surface area is 126 Å². The Morgan fingerprint density at radius 1 is 1.36 bits per heavy atom. The van der Waals surface area contributed by atoms with Crippen LogP contribution < -0.4 is 10.1 Å². The molecular weight excluding hydrogens is 299 g/mol. The molecule has 0 radical (unpaired) electrons. The van der Waals surface area contributed by atoms with E-state index in [-0.39, 0.29) is 30.6 Å². The molecule has 122 valence electrons. The van der Waals surface area contributed by atoms with E-state index in [0.29, 0.717) is 18.7 Å². The van der Waals surface area contributed by atoms with Gasteiger partial charge in [-0.25, -0.2) is 0 Å². The zero-order valence-electron chi connectivity index (χ0n) is 12.0. The van der Waals surface area contributed by atoms with Gasteiger partial charge in [0, 0.05) is 19.6 Å². The average Bonchev–Trinajstić information content (AvgIpc) is 2.96. The normalized spacial score (nSPS) is 18.2. The summed E-state index contributed by atoms with van der Waals surface area (Å²) < 4.78 is 46.2. The molecule has 22 heavy (non-hydrogen) atoms. The van der Waals surface area contributed by atoms with Crippen LogP contribution in [0.15, 0.2) is 24.3 Å². The van der Waals surface area contributed by atoms with Gasteiger partial charge in [-0.2, -0.15) is 0 Å². The first-order valence-electron chi connectivity index (χ1n) is 7.16. The van der Waals surface area contributed by atoms with E-state index in [1.165, 1.54) is 18.2 Å². The van der Waals surface area contributed by atoms with Crippen molar-refractivity contribution in [2.75, 3.05) is 13.2 Å². The summed E-state index contributed by atoms with van der Waals surface area (Å²) in [6.45, 7) is 1.15. The first-order chi connectivity index (χ1) is 10.4. The molecule has 1 amide bonds. The van der Waals surface area contributed by atoms with Crippen molar-refractivity contribution in [3.05, 3.63) is 29.8 Å². The van der Waals surface area contributed by atoms with E-state index in [2.05, 4.69) is 10.1 Å². The molecule has 1 aliphatic heterocycles. The number of ether oxygens (including phenoxy) is 2. The number of amides is 1. The van der Waals surface area contributed by atoms with Gasteiger partial charge in [0.1, 0.15) is 5.75 Å². The second-order valence-electron chi connectivity index (χ2n) is 5.09. The van der Waals surface area contributed by atoms with Gasteiger partial charge in [-0.1, -0.05) is 18.2 Å². The number of halogens is 3. The Kier molecular flexibility index (Phi) is 5.65. The monoisotopic (exact) mass is 317 g/mol. The Morgan fingerprint density at radius 3 is 2.82 bits per heavy atom. The van der Waals surface area contributed by atoms with Gasteiger partial charge in [0.2, 0.25) is 5.91 Å². The lowest BCUT2D eigenvalue weighted by Crippen LogP contribution is -2.31. The molecule has 0 aromatic heterocycles. The third-order valence-corrected chi connectivity index (χ3v) is 3.37. The summed E-state index contributed by atoms with van der Waals surface area (Å²) in [5.74, 6) is -0.473. The molecule has 0 spiro atoms. The lowest BCUT2D eigenvalue weighted by molar-refractivity contribution is -0.274. The number of nitrogens with one attached hydrogen (secondary N) is 1. The van der Waals surface area contributed by atoms with E-state index in [1.54, 1.807) is 6.07 Å². The molecule has 0 unspecified atom stereocenters. The van der Waals surface area contributed by atoms with Gasteiger partial charge in [-0.3, -0.25) is 4.79 Å². The van der Waals surface area contributed by atoms with Crippen molar-refractivity contribution in [3.63, 3.8) is 0 Å². The standard InChI is InChI=1S/C15H18F3NO3/c16-15(17,18)22-13-6-2-1-4-11(13)7-8-14(20)19-10-12-5-3-9-21-12/h1-2,4,6,12H,3,5,7-10H2,(H,19,20)/t12-/m1/s1. The fourth-order valence-corrected chi connectivity index (χ4v) is 2.30. The fourth-order valence-electron chi connectivity index (χ4n) is 2.30. The summed E-state index contributed by atoms with van der Waals surface area (Å²) in [7, 11) is 0. The van der Waals surface area contributed by atoms with E-state index in [1.807, 2.05) is 0 Å². The van der Waals surface area contributed by atoms with E-state index in [0.717, 1.165) is 12.8 Å². The topological polar surface area (TPSA) is 47.6 Å². The minimum atomic E-state index is -4.74. The average molecular weight is 317 g/mol. The molecule has 4 nitrogen and oxygen atoms in total. The maximum absolute atomic E-state index is 12.3. The van der Waals surface area contributed by atoms with Crippen molar-refractivity contribution in [1.29, 1.82) is 0 Å². The molecule has 2 rings (SSSR count). The summed E-state index contributed by atoms with van der Waals surface area (Å²) >= 11 is 0. The van der Waals surface area contributed by atoms with Crippen LogP contribution in [0.1, 0.15) is 24.8 Å². The lowest BCUT2D eigenvalue weighted by atomic mass is 10.1. The van der Waals surface area contributed by atoms with E-state index >= 15 is 0 Å². The van der Waals surface area contributed by atoms with Gasteiger partial charge in [0.25, 0.3) is 0 Å². The van der Waals surface area contributed by atoms with Crippen LogP contribution in [0.25, 0.3) is 0 Å². The Hall–Kier alpha value is -1.76. The predicted octanol–water partition coefficient (Wildman–Crippen LogP) is 2.81. The molecule has 1 aliphatic rings. The number of aryl methyl sites for hydroxylation is 1. The molecule has 7 heteroatoms. The second kappa shape index (κ2) is 7.49. The Balaban J connectivity index is 1.81. The highest BCUT2D eigenvalue weighted by Gasteiger charge is 2.31. The SMILES string of the molecule is O=C(CCc1ccccc1OC(F)(F)F)NC[C@H]1CCCO1. The van der Waals surface area contributed by atoms with Crippen LogP contribution in [-0.4, -0.2) is 31.5 Å². The molecule has 1 saturated heterocycles. The van der Waals surface area contributed by atoms with Crippen LogP contribution in [0.5, 0.6) is 5.75 Å². The second-order valence-corrected chi connectivity index (χ2v) is 5.09. The van der Waals surface area contributed by atoms with Gasteiger partial charge in [-0.15, -0.1) is 13.2 Å². The molecule has 1 atom stereocenters. The first-order valence-corrected chi connectivity index (χ1v) is 7.16. The minimum absolute atomic E-state index is 0.0461. The molecule has 1 heterocycles. The fraction of sp³-hybridized carbons (Fsp3) is 0.533. The van der Waals surface area contributed by atoms with Crippen molar-refractivity contribution in [2.24, 2.45) is 0 Å². The Morgan fingerprint density at radius 2 is 2.14 bits per heavy atom. The highest BCUT2D eigenvalue weighted by molar-refractivity contribution is 5.76. The van der Waals surface area contributed by atoms with Crippen molar-refractivity contribution in [2.45, 2.75) is 38.1 Å². The number of benzene rings is 1. The van der Waals surface area contributed by atoms with Gasteiger partial charge >= 0.3 is 6.36 Å². The van der Waals surface area contributed by atoms with Crippen molar-refractivity contribution in [1.82, 2.24) is 5.32 Å². The smallest absolute Gasteiger partial charge is 0.406 e. The molecule has 1 fully saturated rings. The van der Waals surface area contributed by atoms with Crippen molar-refractivity contribution >= 4 is 5.91 Å². The molecule has 0 saturated carbocycles. The van der Waals surface area contributed by atoms with Gasteiger partial charge < -0.3 is 14.8 Å². The van der Waals surface area contributed by atoms with Crippen LogP contribution in [0.4, 0.5) is 13.2 Å². The van der Waals surface area contributed by atoms with Crippen LogP contribution in [0.2, 0.25) is 0 Å². The van der Waals surface area contributed by atoms with Crippen LogP contribution >= 0.6 is 0 Å². The predicted molar refractivity (Wildman–Crippen MR) is 73.4 cm³/mol. The third kappa shape index (κ3) is 5.55. The Bertz CT molecular complexity index is 499. The summed E-state index contributed by atoms with van der Waals surface area (Å²) in [4.78, 5) is 11.7. The highest BCUT2D eigenvalue weighted by atomic mass is 19.4. The van der Waals surface area contributed by atoms with E-state index in [4.69, 9.17) is 4.74 Å². The number of alkyl halides is 3. The quantitative estimate of drug-likeness (QED) is 0.877. The molecule has 1 aromatic rings. The number of carbonyl (C=O) groups is 1. The molecule has 1 aromatic carbocycles. The summed E-state index contributed by atoms with van der Waals surface area (Å²) in [6, 6.07) is 5.84. The van der Waals surface area contributed by atoms with Crippen molar-refractivity contribution in [3.8, 4) is 5.75 Å². The third-order valence-electron chi connectivity index (χ3n) is 3.37. The number of hydrogen-bond donors (Lipinski definition) is 1. The minimum Gasteiger partial charge on any atom is -0.406 e. The van der Waals surface area contributed by atoms with Crippen LogP contribution in [-0.2, 0) is 16.0 Å². The number of para-hydroxylation sites is 1. The largest absolute Gasteiger partial charge is 0.573 e. The summed E-state index contributed by atoms with van der Waals surface area (Å²) in [6.07, 6.45) is -2.50. The van der Waals surface area contributed by atoms with Gasteiger partial charge in [0.05, 0.1) is 6.10 Å². The van der Waals surface area contributed by atoms with Crippen LogP contribution in [0.3, 0.4) is 0 Å². The highest BCUT2D eigenvalue weighted by Crippen LogP contribution is 2.26. The summed E-state index contributed by atoms with van der Waals surface area (Å²) in [5, 5.41) is 2.74.